The third-order valence-electron chi connectivity index (χ3n) is 1.42. The predicted octanol–water partition coefficient (Wildman–Crippen LogP) is 1.21. The van der Waals surface area contributed by atoms with E-state index in [1.165, 1.54) is 17.4 Å². The van der Waals surface area contributed by atoms with Gasteiger partial charge in [-0.15, -0.1) is 11.3 Å². The topological polar surface area (TPSA) is 42.0 Å². The third kappa shape index (κ3) is 2.17. The van der Waals surface area contributed by atoms with Crippen molar-refractivity contribution in [1.29, 1.82) is 0 Å². The molecular weight excluding hydrogens is 172 g/mol. The van der Waals surface area contributed by atoms with Crippen LogP contribution in [0.2, 0.25) is 0 Å². The van der Waals surface area contributed by atoms with Crippen LogP contribution in [-0.2, 0) is 4.79 Å². The zero-order chi connectivity index (χ0) is 8.97. The number of hydrogen-bond acceptors (Lipinski definition) is 3. The van der Waals surface area contributed by atoms with E-state index in [1.807, 2.05) is 6.92 Å². The van der Waals surface area contributed by atoms with Gasteiger partial charge in [-0.2, -0.15) is 0 Å². The smallest absolute Gasteiger partial charge is 0.243 e. The molecule has 3 nitrogen and oxygen atoms in total. The van der Waals surface area contributed by atoms with Crippen LogP contribution in [-0.4, -0.2) is 17.9 Å². The van der Waals surface area contributed by atoms with Crippen molar-refractivity contribution >= 4 is 23.3 Å². The molecule has 0 unspecified atom stereocenters. The van der Waals surface area contributed by atoms with Gasteiger partial charge in [-0.25, -0.2) is 4.98 Å². The van der Waals surface area contributed by atoms with Gasteiger partial charge in [0, 0.05) is 18.0 Å². The van der Waals surface area contributed by atoms with Gasteiger partial charge in [-0.3, -0.25) is 4.79 Å². The fourth-order valence-electron chi connectivity index (χ4n) is 0.706. The summed E-state index contributed by atoms with van der Waals surface area (Å²) in [6.45, 7) is 1.92. The van der Waals surface area contributed by atoms with E-state index in [0.29, 0.717) is 0 Å². The zero-order valence-electron chi connectivity index (χ0n) is 7.00. The Kier molecular flexibility index (Phi) is 2.99. The molecule has 0 aliphatic carbocycles. The zero-order valence-corrected chi connectivity index (χ0v) is 7.81. The molecule has 1 amide bonds. The highest BCUT2D eigenvalue weighted by Crippen LogP contribution is 2.13. The fourth-order valence-corrected chi connectivity index (χ4v) is 1.40. The maximum absolute atomic E-state index is 10.8. The van der Waals surface area contributed by atoms with Crippen LogP contribution in [0.3, 0.4) is 0 Å². The first kappa shape index (κ1) is 8.93. The summed E-state index contributed by atoms with van der Waals surface area (Å²) in [5, 5.41) is 2.51. The van der Waals surface area contributed by atoms with E-state index in [1.54, 1.807) is 18.6 Å². The van der Waals surface area contributed by atoms with Gasteiger partial charge in [0.05, 0.1) is 11.2 Å². The molecule has 0 fully saturated rings. The van der Waals surface area contributed by atoms with Crippen molar-refractivity contribution < 1.29 is 4.79 Å². The van der Waals surface area contributed by atoms with Crippen LogP contribution >= 0.6 is 11.3 Å². The lowest BCUT2D eigenvalue weighted by molar-refractivity contribution is -0.115. The number of likely N-dealkylation sites (N-methyl/N-ethyl adjacent to an activating group) is 1. The van der Waals surface area contributed by atoms with Gasteiger partial charge in [0.1, 0.15) is 0 Å². The second-order valence-electron chi connectivity index (χ2n) is 2.25. The van der Waals surface area contributed by atoms with E-state index in [9.17, 15) is 4.79 Å². The van der Waals surface area contributed by atoms with Crippen molar-refractivity contribution in [3.63, 3.8) is 0 Å². The molecule has 0 saturated heterocycles. The molecule has 1 aromatic rings. The summed E-state index contributed by atoms with van der Waals surface area (Å²) in [5.74, 6) is -0.0946. The summed E-state index contributed by atoms with van der Waals surface area (Å²) in [4.78, 5) is 15.9. The number of thiazole rings is 1. The lowest BCUT2D eigenvalue weighted by Crippen LogP contribution is -2.13. The Morgan fingerprint density at radius 2 is 2.50 bits per heavy atom. The van der Waals surface area contributed by atoms with Gasteiger partial charge >= 0.3 is 0 Å². The molecule has 64 valence electrons. The fraction of sp³-hybridized carbons (Fsp3) is 0.250. The average Bonchev–Trinajstić information content (AvgIpc) is 2.47. The molecule has 0 radical (unpaired) electrons. The quantitative estimate of drug-likeness (QED) is 0.698. The average molecular weight is 182 g/mol. The molecule has 12 heavy (non-hydrogen) atoms. The monoisotopic (exact) mass is 182 g/mol. The van der Waals surface area contributed by atoms with E-state index < -0.39 is 0 Å². The van der Waals surface area contributed by atoms with Gasteiger partial charge in [0.15, 0.2) is 0 Å². The molecule has 0 aliphatic heterocycles. The van der Waals surface area contributed by atoms with Crippen LogP contribution < -0.4 is 5.32 Å². The number of nitrogens with one attached hydrogen (secondary N) is 1. The van der Waals surface area contributed by atoms with Crippen molar-refractivity contribution in [3.05, 3.63) is 22.2 Å². The Morgan fingerprint density at radius 1 is 1.75 bits per heavy atom. The predicted molar refractivity (Wildman–Crippen MR) is 50.0 cm³/mol. The first-order valence-electron chi connectivity index (χ1n) is 3.54. The van der Waals surface area contributed by atoms with Gasteiger partial charge in [0.25, 0.3) is 0 Å². The maximum atomic E-state index is 10.8. The summed E-state index contributed by atoms with van der Waals surface area (Å²) in [6.07, 6.45) is 3.27. The van der Waals surface area contributed by atoms with Crippen LogP contribution in [0, 0.1) is 6.92 Å². The van der Waals surface area contributed by atoms with E-state index in [-0.39, 0.29) is 5.91 Å². The molecule has 0 atom stereocenters. The van der Waals surface area contributed by atoms with Gasteiger partial charge < -0.3 is 5.32 Å². The Labute approximate surface area is 75.1 Å². The highest BCUT2D eigenvalue weighted by Gasteiger charge is 1.96. The molecule has 1 N–H and O–H groups in total. The minimum atomic E-state index is -0.0946. The molecule has 0 spiro atoms. The Morgan fingerprint density at radius 3 is 3.00 bits per heavy atom. The second kappa shape index (κ2) is 4.01. The summed E-state index contributed by atoms with van der Waals surface area (Å²) in [6, 6.07) is 0. The van der Waals surface area contributed by atoms with Crippen LogP contribution in [0.5, 0.6) is 0 Å². The summed E-state index contributed by atoms with van der Waals surface area (Å²) in [7, 11) is 1.60. The standard InChI is InChI=1S/C8H10N2OS/c1-6-7(12-5-10-6)3-4-8(11)9-2/h3-5H,1-2H3,(H,9,11)/b4-3+. The summed E-state index contributed by atoms with van der Waals surface area (Å²) >= 11 is 1.52. The van der Waals surface area contributed by atoms with Crippen molar-refractivity contribution in [1.82, 2.24) is 10.3 Å². The number of carbonyl (C=O) groups is 1. The molecule has 1 aromatic heterocycles. The lowest BCUT2D eigenvalue weighted by Gasteiger charge is -1.89. The largest absolute Gasteiger partial charge is 0.356 e. The van der Waals surface area contributed by atoms with Crippen LogP contribution in [0.15, 0.2) is 11.6 Å². The Bertz CT molecular complexity index is 304. The molecule has 1 heterocycles. The third-order valence-corrected chi connectivity index (χ3v) is 2.31. The van der Waals surface area contributed by atoms with E-state index in [0.717, 1.165) is 10.6 Å². The minimum Gasteiger partial charge on any atom is -0.356 e. The number of aromatic nitrogens is 1. The first-order valence-corrected chi connectivity index (χ1v) is 4.42. The van der Waals surface area contributed by atoms with Crippen LogP contribution in [0.25, 0.3) is 6.08 Å². The molecule has 0 saturated carbocycles. The molecule has 0 aliphatic rings. The number of aryl methyl sites for hydroxylation is 1. The van der Waals surface area contributed by atoms with Crippen molar-refractivity contribution in [2.45, 2.75) is 6.92 Å². The molecular formula is C8H10N2OS. The normalized spacial score (nSPS) is 10.5. The van der Waals surface area contributed by atoms with E-state index >= 15 is 0 Å². The van der Waals surface area contributed by atoms with E-state index in [4.69, 9.17) is 0 Å². The molecule has 0 aromatic carbocycles. The Hall–Kier alpha value is -1.16. The molecule has 4 heteroatoms. The highest BCUT2D eigenvalue weighted by atomic mass is 32.1. The SMILES string of the molecule is CNC(=O)/C=C/c1scnc1C. The van der Waals surface area contributed by atoms with Crippen molar-refractivity contribution in [2.75, 3.05) is 7.05 Å². The molecule has 1 rings (SSSR count). The lowest BCUT2D eigenvalue weighted by atomic mass is 10.3. The highest BCUT2D eigenvalue weighted by molar-refractivity contribution is 7.10. The molecule has 0 bridgehead atoms. The number of carbonyl (C=O) groups excluding carboxylic acids is 1. The van der Waals surface area contributed by atoms with E-state index in [2.05, 4.69) is 10.3 Å². The van der Waals surface area contributed by atoms with Crippen molar-refractivity contribution in [3.8, 4) is 0 Å². The van der Waals surface area contributed by atoms with Gasteiger partial charge in [-0.1, -0.05) is 0 Å². The van der Waals surface area contributed by atoms with Gasteiger partial charge in [0.2, 0.25) is 5.91 Å². The first-order chi connectivity index (χ1) is 5.74. The summed E-state index contributed by atoms with van der Waals surface area (Å²) in [5.41, 5.74) is 2.72. The van der Waals surface area contributed by atoms with Crippen molar-refractivity contribution in [2.24, 2.45) is 0 Å². The minimum absolute atomic E-state index is 0.0946. The second-order valence-corrected chi connectivity index (χ2v) is 3.14. The number of amides is 1. The van der Waals surface area contributed by atoms with Gasteiger partial charge in [-0.05, 0) is 13.0 Å². The number of rotatable bonds is 2. The maximum Gasteiger partial charge on any atom is 0.243 e. The number of hydrogen-bond donors (Lipinski definition) is 1. The number of nitrogens with zero attached hydrogens (tertiary/aromatic N) is 1. The van der Waals surface area contributed by atoms with Crippen LogP contribution in [0.1, 0.15) is 10.6 Å². The summed E-state index contributed by atoms with van der Waals surface area (Å²) < 4.78 is 0. The van der Waals surface area contributed by atoms with Crippen LogP contribution in [0.4, 0.5) is 0 Å². The Balaban J connectivity index is 2.69.